The van der Waals surface area contributed by atoms with E-state index in [1.807, 2.05) is 12.1 Å². The molecular weight excluding hydrogens is 511 g/mol. The number of nitrogens with zero attached hydrogens (tertiary/aromatic N) is 4. The van der Waals surface area contributed by atoms with Crippen LogP contribution < -0.4 is 11.6 Å². The summed E-state index contributed by atoms with van der Waals surface area (Å²) in [7, 11) is 1.69. The van der Waals surface area contributed by atoms with Crippen molar-refractivity contribution in [1.82, 2.24) is 19.7 Å². The fourth-order valence-electron chi connectivity index (χ4n) is 5.48. The van der Waals surface area contributed by atoms with Crippen LogP contribution in [0.1, 0.15) is 64.9 Å². The molecule has 1 amide bonds. The average molecular weight is 547 g/mol. The van der Waals surface area contributed by atoms with Gasteiger partial charge < -0.3 is 20.4 Å². The zero-order valence-corrected chi connectivity index (χ0v) is 22.8. The minimum Gasteiger partial charge on any atom is -0.462 e. The lowest BCUT2D eigenvalue weighted by molar-refractivity contribution is 0.0524. The second-order valence-electron chi connectivity index (χ2n) is 10.4. The van der Waals surface area contributed by atoms with Crippen molar-refractivity contribution in [3.05, 3.63) is 83.2 Å². The van der Waals surface area contributed by atoms with E-state index in [0.29, 0.717) is 46.9 Å². The number of nitrogens with two attached hydrogens (primary N) is 2. The smallest absolute Gasteiger partial charge is 0.341 e. The number of amides is 1. The predicted octanol–water partition coefficient (Wildman–Crippen LogP) is 4.19. The molecule has 1 aromatic heterocycles. The molecule has 1 unspecified atom stereocenters. The van der Waals surface area contributed by atoms with Crippen LogP contribution in [0.5, 0.6) is 0 Å². The van der Waals surface area contributed by atoms with Gasteiger partial charge in [0.15, 0.2) is 0 Å². The van der Waals surface area contributed by atoms with E-state index >= 15 is 4.39 Å². The van der Waals surface area contributed by atoms with E-state index in [4.69, 9.17) is 16.3 Å². The third-order valence-corrected chi connectivity index (χ3v) is 7.50. The first kappa shape index (κ1) is 27.4. The maximum Gasteiger partial charge on any atom is 0.341 e. The Kier molecular flexibility index (Phi) is 7.88. The molecule has 4 N–H and O–H groups in total. The topological polar surface area (TPSA) is 120 Å². The molecule has 0 radical (unpaired) electrons. The summed E-state index contributed by atoms with van der Waals surface area (Å²) in [6.45, 7) is 3.28. The monoisotopic (exact) mass is 546 g/mol. The zero-order chi connectivity index (χ0) is 28.4. The van der Waals surface area contributed by atoms with Gasteiger partial charge in [-0.3, -0.25) is 4.79 Å². The number of piperidine rings is 1. The Balaban J connectivity index is 1.51. The van der Waals surface area contributed by atoms with E-state index in [1.165, 1.54) is 11.2 Å². The first-order chi connectivity index (χ1) is 19.3. The fourth-order valence-corrected chi connectivity index (χ4v) is 5.48. The number of hydrogen-bond donors (Lipinski definition) is 2. The van der Waals surface area contributed by atoms with Gasteiger partial charge in [0.25, 0.3) is 5.91 Å². The van der Waals surface area contributed by atoms with Crippen molar-refractivity contribution in [1.29, 1.82) is 0 Å². The molecule has 10 heteroatoms. The van der Waals surface area contributed by atoms with Crippen molar-refractivity contribution in [3.8, 4) is 16.8 Å². The predicted molar refractivity (Wildman–Crippen MR) is 150 cm³/mol. The zero-order valence-electron chi connectivity index (χ0n) is 22.8. The first-order valence-corrected chi connectivity index (χ1v) is 13.7. The van der Waals surface area contributed by atoms with Crippen molar-refractivity contribution < 1.29 is 18.7 Å². The van der Waals surface area contributed by atoms with Crippen LogP contribution >= 0.6 is 0 Å². The van der Waals surface area contributed by atoms with E-state index < -0.39 is 11.8 Å². The summed E-state index contributed by atoms with van der Waals surface area (Å²) in [5.74, 6) is 4.39. The normalized spacial score (nSPS) is 18.9. The molecule has 1 aliphatic heterocycles. The minimum absolute atomic E-state index is 0.00673. The molecule has 1 saturated heterocycles. The van der Waals surface area contributed by atoms with Crippen molar-refractivity contribution in [2.75, 3.05) is 26.7 Å². The number of ether oxygens (including phenoxy) is 1. The first-order valence-electron chi connectivity index (χ1n) is 13.7. The van der Waals surface area contributed by atoms with E-state index in [0.717, 1.165) is 25.7 Å². The highest BCUT2D eigenvalue weighted by Crippen LogP contribution is 2.52. The Labute approximate surface area is 233 Å². The van der Waals surface area contributed by atoms with Gasteiger partial charge in [0.2, 0.25) is 0 Å². The molecular formula is C30H35FN6O3. The molecule has 40 heavy (non-hydrogen) atoms. The highest BCUT2D eigenvalue weighted by Gasteiger charge is 2.45. The maximum absolute atomic E-state index is 15.8. The number of benzene rings is 2. The van der Waals surface area contributed by atoms with Gasteiger partial charge in [0, 0.05) is 49.4 Å². The quantitative estimate of drug-likeness (QED) is 0.247. The van der Waals surface area contributed by atoms with Gasteiger partial charge in [-0.1, -0.05) is 24.3 Å². The van der Waals surface area contributed by atoms with Gasteiger partial charge in [-0.05, 0) is 56.4 Å². The Hall–Kier alpha value is -4.18. The van der Waals surface area contributed by atoms with Gasteiger partial charge in [-0.15, -0.1) is 0 Å². The highest BCUT2D eigenvalue weighted by atomic mass is 19.1. The molecule has 0 bridgehead atoms. The second-order valence-corrected chi connectivity index (χ2v) is 10.4. The van der Waals surface area contributed by atoms with Crippen molar-refractivity contribution in [2.45, 2.75) is 38.5 Å². The molecule has 2 fully saturated rings. The Morgan fingerprint density at radius 2 is 1.90 bits per heavy atom. The largest absolute Gasteiger partial charge is 0.462 e. The van der Waals surface area contributed by atoms with Crippen LogP contribution in [-0.4, -0.2) is 58.3 Å². The SMILES string of the molecule is CCOC(=O)c1cnn(-c2cccc(-c3cccc(C(=O)N4CCCCC4)c3F)c2)c1C1C[C@@H]1/C(N)=C/N(C)N. The molecule has 5 rings (SSSR count). The van der Waals surface area contributed by atoms with Gasteiger partial charge >= 0.3 is 5.97 Å². The molecule has 1 aliphatic carbocycles. The summed E-state index contributed by atoms with van der Waals surface area (Å²) in [6, 6.07) is 12.2. The molecule has 0 spiro atoms. The van der Waals surface area contributed by atoms with Crippen molar-refractivity contribution in [2.24, 2.45) is 17.5 Å². The van der Waals surface area contributed by atoms with Crippen LogP contribution in [0.3, 0.4) is 0 Å². The Bertz CT molecular complexity index is 1440. The van der Waals surface area contributed by atoms with Crippen LogP contribution in [0.15, 0.2) is 60.6 Å². The van der Waals surface area contributed by atoms with Crippen molar-refractivity contribution >= 4 is 11.9 Å². The van der Waals surface area contributed by atoms with Crippen molar-refractivity contribution in [3.63, 3.8) is 0 Å². The molecule has 3 aromatic rings. The van der Waals surface area contributed by atoms with Crippen LogP contribution in [0.2, 0.25) is 0 Å². The standard InChI is InChI=1S/C30H35FN6O3/c1-3-40-30(39)25-17-34-37(28(25)24-16-23(24)26(32)18-35(2)33)20-10-7-9-19(15-20)21-11-8-12-22(27(21)31)29(38)36-13-5-4-6-14-36/h7-12,15,17-18,23-24H,3-6,13-14,16,32-33H2,1-2H3/b26-18-/t23-,24?/m0/s1. The number of hydrazine groups is 1. The summed E-state index contributed by atoms with van der Waals surface area (Å²) < 4.78 is 22.8. The summed E-state index contributed by atoms with van der Waals surface area (Å²) in [6.07, 6.45) is 6.84. The van der Waals surface area contributed by atoms with Gasteiger partial charge in [-0.2, -0.15) is 5.10 Å². The lowest BCUT2D eigenvalue weighted by Gasteiger charge is -2.27. The number of esters is 1. The summed E-state index contributed by atoms with van der Waals surface area (Å²) in [5, 5.41) is 5.93. The summed E-state index contributed by atoms with van der Waals surface area (Å²) >= 11 is 0. The Morgan fingerprint density at radius 1 is 1.15 bits per heavy atom. The lowest BCUT2D eigenvalue weighted by atomic mass is 10.00. The number of allylic oxidation sites excluding steroid dienone is 1. The summed E-state index contributed by atoms with van der Waals surface area (Å²) in [4.78, 5) is 27.6. The van der Waals surface area contributed by atoms with Crippen LogP contribution in [0, 0.1) is 11.7 Å². The van der Waals surface area contributed by atoms with Crippen LogP contribution in [-0.2, 0) is 4.74 Å². The van der Waals surface area contributed by atoms with Crippen LogP contribution in [0.4, 0.5) is 4.39 Å². The fraction of sp³-hybridized carbons (Fsp3) is 0.367. The molecule has 2 atom stereocenters. The van der Waals surface area contributed by atoms with Gasteiger partial charge in [-0.25, -0.2) is 19.7 Å². The number of hydrogen-bond acceptors (Lipinski definition) is 7. The van der Waals surface area contributed by atoms with Gasteiger partial charge in [0.1, 0.15) is 11.4 Å². The number of aromatic nitrogens is 2. The number of rotatable bonds is 8. The van der Waals surface area contributed by atoms with E-state index in [9.17, 15) is 9.59 Å². The van der Waals surface area contributed by atoms with Crippen LogP contribution in [0.25, 0.3) is 16.8 Å². The minimum atomic E-state index is -0.547. The average Bonchev–Trinajstić information content (AvgIpc) is 3.63. The van der Waals surface area contributed by atoms with E-state index in [2.05, 4.69) is 5.10 Å². The molecule has 2 aromatic carbocycles. The molecule has 2 aliphatic rings. The molecule has 1 saturated carbocycles. The van der Waals surface area contributed by atoms with Gasteiger partial charge in [0.05, 0.1) is 29.7 Å². The number of carbonyl (C=O) groups is 2. The van der Waals surface area contributed by atoms with E-state index in [-0.39, 0.29) is 29.9 Å². The Morgan fingerprint density at radius 3 is 2.62 bits per heavy atom. The molecule has 2 heterocycles. The third kappa shape index (κ3) is 5.44. The lowest BCUT2D eigenvalue weighted by Crippen LogP contribution is -2.36. The van der Waals surface area contributed by atoms with E-state index in [1.54, 1.807) is 60.1 Å². The second kappa shape index (κ2) is 11.5. The highest BCUT2D eigenvalue weighted by molar-refractivity contribution is 5.96. The molecule has 210 valence electrons. The summed E-state index contributed by atoms with van der Waals surface area (Å²) in [5.41, 5.74) is 9.60. The molecule has 9 nitrogen and oxygen atoms in total. The maximum atomic E-state index is 15.8. The number of carbonyl (C=O) groups excluding carboxylic acids is 2. The third-order valence-electron chi connectivity index (χ3n) is 7.50. The number of halogens is 1. The number of likely N-dealkylation sites (tertiary alicyclic amines) is 1.